The lowest BCUT2D eigenvalue weighted by molar-refractivity contribution is 0.571. The molecule has 0 bridgehead atoms. The molecule has 1 aromatic heterocycles. The Bertz CT molecular complexity index is 464. The van der Waals surface area contributed by atoms with Crippen molar-refractivity contribution in [2.75, 3.05) is 5.73 Å². The maximum atomic E-state index is 5.81. The molecule has 0 fully saturated rings. The molecule has 78 valence electrons. The Kier molecular flexibility index (Phi) is 2.77. The summed E-state index contributed by atoms with van der Waals surface area (Å²) in [4.78, 5) is 0. The molecule has 0 saturated carbocycles. The minimum absolute atomic E-state index is 0.135. The highest BCUT2D eigenvalue weighted by atomic mass is 79.9. The van der Waals surface area contributed by atoms with Crippen LogP contribution >= 0.6 is 15.9 Å². The second kappa shape index (κ2) is 4.06. The smallest absolute Gasteiger partial charge is 0.122 e. The van der Waals surface area contributed by atoms with Gasteiger partial charge in [-0.05, 0) is 24.6 Å². The molecular weight excluding hydrogens is 254 g/mol. The van der Waals surface area contributed by atoms with Crippen molar-refractivity contribution in [3.05, 3.63) is 46.6 Å². The fourth-order valence-corrected chi connectivity index (χ4v) is 2.21. The van der Waals surface area contributed by atoms with Crippen molar-refractivity contribution in [2.45, 2.75) is 13.0 Å². The number of aromatic nitrogens is 2. The number of benzene rings is 1. The first-order valence-corrected chi connectivity index (χ1v) is 5.53. The lowest BCUT2D eigenvalue weighted by Crippen LogP contribution is -2.11. The average molecular weight is 266 g/mol. The molecule has 3 nitrogen and oxygen atoms in total. The number of rotatable bonds is 2. The van der Waals surface area contributed by atoms with Crippen LogP contribution in [0.25, 0.3) is 0 Å². The molecule has 0 aliphatic heterocycles. The maximum Gasteiger partial charge on any atom is 0.122 e. The molecule has 1 heterocycles. The summed E-state index contributed by atoms with van der Waals surface area (Å²) in [6, 6.07) is 10.0. The molecule has 1 aromatic carbocycles. The third-order valence-corrected chi connectivity index (χ3v) is 3.15. The van der Waals surface area contributed by atoms with Crippen LogP contribution in [0.1, 0.15) is 18.5 Å². The van der Waals surface area contributed by atoms with Crippen molar-refractivity contribution in [1.29, 1.82) is 0 Å². The van der Waals surface area contributed by atoms with Crippen LogP contribution in [0, 0.1) is 0 Å². The van der Waals surface area contributed by atoms with Gasteiger partial charge < -0.3 is 5.73 Å². The third-order valence-electron chi connectivity index (χ3n) is 2.42. The third kappa shape index (κ3) is 1.90. The Balaban J connectivity index is 2.41. The van der Waals surface area contributed by atoms with Crippen molar-refractivity contribution in [3.63, 3.8) is 0 Å². The van der Waals surface area contributed by atoms with Crippen LogP contribution in [-0.2, 0) is 0 Å². The molecule has 2 aromatic rings. The van der Waals surface area contributed by atoms with E-state index < -0.39 is 0 Å². The van der Waals surface area contributed by atoms with E-state index >= 15 is 0 Å². The number of nitrogens with two attached hydrogens (primary N) is 1. The van der Waals surface area contributed by atoms with Gasteiger partial charge in [-0.3, -0.25) is 0 Å². The van der Waals surface area contributed by atoms with Crippen LogP contribution < -0.4 is 5.73 Å². The molecule has 0 aliphatic rings. The second-order valence-corrected chi connectivity index (χ2v) is 4.25. The van der Waals surface area contributed by atoms with Crippen molar-refractivity contribution >= 4 is 21.7 Å². The van der Waals surface area contributed by atoms with Gasteiger partial charge in [0.2, 0.25) is 0 Å². The van der Waals surface area contributed by atoms with Gasteiger partial charge in [0.05, 0.1) is 12.2 Å². The van der Waals surface area contributed by atoms with E-state index in [0.717, 1.165) is 4.47 Å². The highest BCUT2D eigenvalue weighted by Crippen LogP contribution is 2.26. The van der Waals surface area contributed by atoms with Crippen LogP contribution in [0.15, 0.2) is 41.0 Å². The number of nitrogen functional groups attached to an aromatic ring is 1. The molecule has 0 aliphatic carbocycles. The van der Waals surface area contributed by atoms with Crippen LogP contribution in [0.2, 0.25) is 0 Å². The first-order chi connectivity index (χ1) is 7.20. The van der Waals surface area contributed by atoms with E-state index in [1.54, 1.807) is 16.9 Å². The van der Waals surface area contributed by atoms with E-state index in [9.17, 15) is 0 Å². The highest BCUT2D eigenvalue weighted by molar-refractivity contribution is 9.10. The Morgan fingerprint density at radius 3 is 2.67 bits per heavy atom. The molecule has 15 heavy (non-hydrogen) atoms. The molecule has 2 N–H and O–H groups in total. The van der Waals surface area contributed by atoms with Crippen molar-refractivity contribution in [1.82, 2.24) is 9.78 Å². The first kappa shape index (κ1) is 10.2. The molecule has 2 rings (SSSR count). The molecular formula is C11H12BrN3. The molecule has 1 atom stereocenters. The SMILES string of the molecule is CC(c1ccccc1Br)n1nccc1N. The predicted octanol–water partition coefficient (Wildman–Crippen LogP) is 2.84. The van der Waals surface area contributed by atoms with Gasteiger partial charge in [-0.1, -0.05) is 34.1 Å². The van der Waals surface area contributed by atoms with Gasteiger partial charge in [0.25, 0.3) is 0 Å². The Hall–Kier alpha value is -1.29. The highest BCUT2D eigenvalue weighted by Gasteiger charge is 2.12. The molecule has 4 heteroatoms. The fraction of sp³-hybridized carbons (Fsp3) is 0.182. The van der Waals surface area contributed by atoms with E-state index in [1.165, 1.54) is 5.56 Å². The zero-order valence-electron chi connectivity index (χ0n) is 8.39. The van der Waals surface area contributed by atoms with Gasteiger partial charge in [-0.15, -0.1) is 0 Å². The number of anilines is 1. The van der Waals surface area contributed by atoms with Crippen LogP contribution in [-0.4, -0.2) is 9.78 Å². The van der Waals surface area contributed by atoms with E-state index in [2.05, 4.69) is 34.0 Å². The minimum Gasteiger partial charge on any atom is -0.384 e. The fourth-order valence-electron chi connectivity index (χ4n) is 1.59. The summed E-state index contributed by atoms with van der Waals surface area (Å²) in [7, 11) is 0. The minimum atomic E-state index is 0.135. The van der Waals surface area contributed by atoms with Gasteiger partial charge in [-0.25, -0.2) is 4.68 Å². The Morgan fingerprint density at radius 1 is 1.33 bits per heavy atom. The molecule has 1 unspecified atom stereocenters. The molecule has 0 saturated heterocycles. The Labute approximate surface area is 97.0 Å². The maximum absolute atomic E-state index is 5.81. The quantitative estimate of drug-likeness (QED) is 0.908. The van der Waals surface area contributed by atoms with E-state index in [4.69, 9.17) is 5.73 Å². The number of halogens is 1. The lowest BCUT2D eigenvalue weighted by atomic mass is 10.1. The van der Waals surface area contributed by atoms with Crippen molar-refractivity contribution in [3.8, 4) is 0 Å². The topological polar surface area (TPSA) is 43.8 Å². The standard InChI is InChI=1S/C11H12BrN3/c1-8(15-11(13)6-7-14-15)9-4-2-3-5-10(9)12/h2-8H,13H2,1H3. The monoisotopic (exact) mass is 265 g/mol. The summed E-state index contributed by atoms with van der Waals surface area (Å²) in [5, 5.41) is 4.20. The first-order valence-electron chi connectivity index (χ1n) is 4.73. The normalized spacial score (nSPS) is 12.7. The summed E-state index contributed by atoms with van der Waals surface area (Å²) in [6.07, 6.45) is 1.71. The molecule has 0 radical (unpaired) electrons. The lowest BCUT2D eigenvalue weighted by Gasteiger charge is -2.15. The van der Waals surface area contributed by atoms with Gasteiger partial charge >= 0.3 is 0 Å². The van der Waals surface area contributed by atoms with E-state index in [1.807, 2.05) is 18.2 Å². The van der Waals surface area contributed by atoms with Crippen LogP contribution in [0.4, 0.5) is 5.82 Å². The van der Waals surface area contributed by atoms with Crippen molar-refractivity contribution < 1.29 is 0 Å². The number of hydrogen-bond acceptors (Lipinski definition) is 2. The molecule has 0 spiro atoms. The van der Waals surface area contributed by atoms with Crippen LogP contribution in [0.5, 0.6) is 0 Å². The van der Waals surface area contributed by atoms with Crippen molar-refractivity contribution in [2.24, 2.45) is 0 Å². The molecule has 0 amide bonds. The summed E-state index contributed by atoms with van der Waals surface area (Å²) in [5.74, 6) is 0.679. The number of hydrogen-bond donors (Lipinski definition) is 1. The Morgan fingerprint density at radius 2 is 2.07 bits per heavy atom. The second-order valence-electron chi connectivity index (χ2n) is 3.40. The zero-order chi connectivity index (χ0) is 10.8. The van der Waals surface area contributed by atoms with E-state index in [0.29, 0.717) is 5.82 Å². The van der Waals surface area contributed by atoms with Gasteiger partial charge in [0, 0.05) is 4.47 Å². The number of nitrogens with zero attached hydrogens (tertiary/aromatic N) is 2. The zero-order valence-corrected chi connectivity index (χ0v) is 9.98. The van der Waals surface area contributed by atoms with Gasteiger partial charge in [-0.2, -0.15) is 5.10 Å². The summed E-state index contributed by atoms with van der Waals surface area (Å²) >= 11 is 3.53. The van der Waals surface area contributed by atoms with Gasteiger partial charge in [0.15, 0.2) is 0 Å². The summed E-state index contributed by atoms with van der Waals surface area (Å²) < 4.78 is 2.88. The average Bonchev–Trinajstić information content (AvgIpc) is 2.64. The summed E-state index contributed by atoms with van der Waals surface area (Å²) in [6.45, 7) is 2.07. The predicted molar refractivity (Wildman–Crippen MR) is 64.6 cm³/mol. The van der Waals surface area contributed by atoms with Gasteiger partial charge in [0.1, 0.15) is 5.82 Å². The largest absolute Gasteiger partial charge is 0.384 e. The summed E-state index contributed by atoms with van der Waals surface area (Å²) in [5.41, 5.74) is 6.99. The van der Waals surface area contributed by atoms with Crippen LogP contribution in [0.3, 0.4) is 0 Å². The van der Waals surface area contributed by atoms with E-state index in [-0.39, 0.29) is 6.04 Å².